The van der Waals surface area contributed by atoms with Crippen molar-refractivity contribution in [1.82, 2.24) is 14.6 Å². The number of nitrogens with zero attached hydrogens (tertiary/aromatic N) is 1. The standard InChI is InChI=1S/C18H20F2N3O9P/c1-10(15(26)27)22-33(29,32-11-5-3-2-4-6-11)30-9-12-14(25)18(19,20)16(31-12)23-8-7-13(24)21-17(23)28/h2-8,10,12,14,16,25H,9H2,1H3,(H,22,29)(H,26,27)(H,21,24,28)/t10-,12+,14+,16+,33?/m0/s1. The maximum Gasteiger partial charge on any atom is 0.459 e. The fourth-order valence-corrected chi connectivity index (χ4v) is 4.40. The fourth-order valence-electron chi connectivity index (χ4n) is 2.89. The molecule has 0 spiro atoms. The average Bonchev–Trinajstić information content (AvgIpc) is 2.96. The number of hydrogen-bond acceptors (Lipinski definition) is 8. The number of aliphatic carboxylic acids is 1. The number of aromatic amines is 1. The number of halogens is 2. The molecule has 2 aromatic rings. The second kappa shape index (κ2) is 9.53. The number of hydrogen-bond donors (Lipinski definition) is 4. The second-order valence-corrected chi connectivity index (χ2v) is 8.74. The molecule has 1 aromatic heterocycles. The number of carboxylic acid groups (broad SMARTS) is 1. The first-order chi connectivity index (χ1) is 15.4. The lowest BCUT2D eigenvalue weighted by atomic mass is 10.1. The van der Waals surface area contributed by atoms with Crippen LogP contribution in [0.25, 0.3) is 0 Å². The van der Waals surface area contributed by atoms with Crippen LogP contribution in [0.15, 0.2) is 52.2 Å². The van der Waals surface area contributed by atoms with Gasteiger partial charge in [0.2, 0.25) is 6.23 Å². The summed E-state index contributed by atoms with van der Waals surface area (Å²) in [7, 11) is -4.46. The molecule has 15 heteroatoms. The molecule has 1 aliphatic rings. The maximum atomic E-state index is 14.6. The van der Waals surface area contributed by atoms with Crippen molar-refractivity contribution >= 4 is 13.7 Å². The molecule has 4 N–H and O–H groups in total. The van der Waals surface area contributed by atoms with E-state index in [1.165, 1.54) is 24.3 Å². The molecule has 2 heterocycles. The fraction of sp³-hybridized carbons (Fsp3) is 0.389. The Labute approximate surface area is 184 Å². The molecule has 33 heavy (non-hydrogen) atoms. The number of benzene rings is 1. The van der Waals surface area contributed by atoms with Gasteiger partial charge in [-0.3, -0.25) is 23.7 Å². The van der Waals surface area contributed by atoms with Crippen LogP contribution in [0.3, 0.4) is 0 Å². The predicted octanol–water partition coefficient (Wildman–Crippen LogP) is 0.697. The Bertz CT molecular complexity index is 1160. The topological polar surface area (TPSA) is 169 Å². The minimum Gasteiger partial charge on any atom is -0.480 e. The first-order valence-corrected chi connectivity index (χ1v) is 11.0. The molecule has 12 nitrogen and oxygen atoms in total. The number of aromatic nitrogens is 2. The Hall–Kier alpha value is -2.90. The largest absolute Gasteiger partial charge is 0.480 e. The van der Waals surface area contributed by atoms with Crippen LogP contribution in [0.2, 0.25) is 0 Å². The lowest BCUT2D eigenvalue weighted by Crippen LogP contribution is -2.42. The molecular weight excluding hydrogens is 471 g/mol. The molecule has 1 aliphatic heterocycles. The molecule has 1 saturated heterocycles. The van der Waals surface area contributed by atoms with E-state index < -0.39 is 62.0 Å². The summed E-state index contributed by atoms with van der Waals surface area (Å²) in [6, 6.07) is 6.91. The molecule has 1 unspecified atom stereocenters. The lowest BCUT2D eigenvalue weighted by molar-refractivity contribution is -0.141. The van der Waals surface area contributed by atoms with E-state index in [1.807, 2.05) is 0 Å². The van der Waals surface area contributed by atoms with E-state index >= 15 is 0 Å². The number of rotatable bonds is 9. The average molecular weight is 491 g/mol. The Morgan fingerprint density at radius 3 is 2.61 bits per heavy atom. The molecule has 1 fully saturated rings. The van der Waals surface area contributed by atoms with Crippen molar-refractivity contribution in [3.05, 3.63) is 63.4 Å². The van der Waals surface area contributed by atoms with Gasteiger partial charge in [-0.15, -0.1) is 0 Å². The predicted molar refractivity (Wildman–Crippen MR) is 107 cm³/mol. The van der Waals surface area contributed by atoms with E-state index in [4.69, 9.17) is 18.9 Å². The number of para-hydroxylation sites is 1. The highest BCUT2D eigenvalue weighted by atomic mass is 31.2. The molecule has 0 bridgehead atoms. The zero-order valence-electron chi connectivity index (χ0n) is 17.0. The number of nitrogens with one attached hydrogen (secondary N) is 2. The van der Waals surface area contributed by atoms with Gasteiger partial charge in [0.05, 0.1) is 6.61 Å². The Morgan fingerprint density at radius 2 is 2.00 bits per heavy atom. The van der Waals surface area contributed by atoms with E-state index in [-0.39, 0.29) is 5.75 Å². The number of H-pyrrole nitrogens is 1. The minimum absolute atomic E-state index is 0.0295. The van der Waals surface area contributed by atoms with Crippen LogP contribution >= 0.6 is 7.75 Å². The summed E-state index contributed by atoms with van der Waals surface area (Å²) in [6.45, 7) is 0.231. The number of carbonyl (C=O) groups is 1. The van der Waals surface area contributed by atoms with Gasteiger partial charge in [-0.1, -0.05) is 18.2 Å². The number of aliphatic hydroxyl groups is 1. The smallest absolute Gasteiger partial charge is 0.459 e. The van der Waals surface area contributed by atoms with Crippen molar-refractivity contribution in [3.8, 4) is 5.75 Å². The van der Waals surface area contributed by atoms with Crippen molar-refractivity contribution in [1.29, 1.82) is 0 Å². The van der Waals surface area contributed by atoms with Gasteiger partial charge in [0.15, 0.2) is 6.10 Å². The van der Waals surface area contributed by atoms with Gasteiger partial charge >= 0.3 is 25.3 Å². The Balaban J connectivity index is 1.80. The molecule has 0 radical (unpaired) electrons. The van der Waals surface area contributed by atoms with Crippen LogP contribution in [0, 0.1) is 0 Å². The molecule has 5 atom stereocenters. The summed E-state index contributed by atoms with van der Waals surface area (Å²) >= 11 is 0. The van der Waals surface area contributed by atoms with Gasteiger partial charge in [0, 0.05) is 12.3 Å². The maximum absolute atomic E-state index is 14.6. The summed E-state index contributed by atoms with van der Waals surface area (Å²) in [5, 5.41) is 21.3. The van der Waals surface area contributed by atoms with E-state index in [1.54, 1.807) is 11.1 Å². The number of carboxylic acids is 1. The van der Waals surface area contributed by atoms with Crippen molar-refractivity contribution < 1.29 is 42.1 Å². The van der Waals surface area contributed by atoms with Crippen LogP contribution < -0.4 is 20.9 Å². The number of ether oxygens (including phenoxy) is 1. The summed E-state index contributed by atoms with van der Waals surface area (Å²) < 4.78 is 58.2. The lowest BCUT2D eigenvalue weighted by Gasteiger charge is -2.23. The van der Waals surface area contributed by atoms with Crippen molar-refractivity contribution in [2.75, 3.05) is 6.61 Å². The van der Waals surface area contributed by atoms with Gasteiger partial charge in [-0.05, 0) is 19.1 Å². The molecule has 3 rings (SSSR count). The molecule has 1 aromatic carbocycles. The zero-order chi connectivity index (χ0) is 24.4. The highest BCUT2D eigenvalue weighted by Crippen LogP contribution is 2.47. The SMILES string of the molecule is C[C@H](NP(=O)(OC[C@H]1O[C@@H](n2ccc(=O)[nH]c2=O)C(F)(F)[C@@H]1O)Oc1ccccc1)C(=O)O. The highest BCUT2D eigenvalue weighted by Gasteiger charge is 2.60. The van der Waals surface area contributed by atoms with Crippen LogP contribution in [-0.2, 0) is 18.6 Å². The van der Waals surface area contributed by atoms with Crippen molar-refractivity contribution in [2.24, 2.45) is 0 Å². The zero-order valence-corrected chi connectivity index (χ0v) is 17.9. The normalized spacial score (nSPS) is 24.7. The highest BCUT2D eigenvalue weighted by molar-refractivity contribution is 7.52. The van der Waals surface area contributed by atoms with Crippen molar-refractivity contribution in [2.45, 2.75) is 37.3 Å². The Morgan fingerprint density at radius 1 is 1.33 bits per heavy atom. The molecule has 180 valence electrons. The van der Waals surface area contributed by atoms with Gasteiger partial charge in [-0.2, -0.15) is 13.9 Å². The van der Waals surface area contributed by atoms with Gasteiger partial charge in [0.1, 0.15) is 17.9 Å². The van der Waals surface area contributed by atoms with Gasteiger partial charge in [0.25, 0.3) is 5.56 Å². The molecule has 0 saturated carbocycles. The van der Waals surface area contributed by atoms with E-state index in [0.29, 0.717) is 4.57 Å². The Kier molecular flexibility index (Phi) is 7.14. The van der Waals surface area contributed by atoms with E-state index in [0.717, 1.165) is 19.2 Å². The third kappa shape index (κ3) is 5.54. The van der Waals surface area contributed by atoms with Gasteiger partial charge < -0.3 is 19.5 Å². The molecule has 0 amide bonds. The molecular formula is C18H20F2N3O9P. The van der Waals surface area contributed by atoms with Gasteiger partial charge in [-0.25, -0.2) is 9.36 Å². The second-order valence-electron chi connectivity index (χ2n) is 7.05. The third-order valence-corrected chi connectivity index (χ3v) is 6.23. The van der Waals surface area contributed by atoms with Crippen LogP contribution in [0.5, 0.6) is 5.75 Å². The summed E-state index contributed by atoms with van der Waals surface area (Å²) in [4.78, 5) is 36.0. The van der Waals surface area contributed by atoms with Crippen molar-refractivity contribution in [3.63, 3.8) is 0 Å². The van der Waals surface area contributed by atoms with E-state index in [9.17, 15) is 32.8 Å². The monoisotopic (exact) mass is 491 g/mol. The van der Waals surface area contributed by atoms with E-state index in [2.05, 4.69) is 5.09 Å². The first kappa shape index (κ1) is 24.7. The minimum atomic E-state index is -4.46. The number of aliphatic hydroxyl groups excluding tert-OH is 1. The van der Waals surface area contributed by atoms with Crippen LogP contribution in [0.1, 0.15) is 13.2 Å². The molecule has 0 aliphatic carbocycles. The summed E-state index contributed by atoms with van der Waals surface area (Å²) in [5.74, 6) is -5.36. The first-order valence-electron chi connectivity index (χ1n) is 9.45. The van der Waals surface area contributed by atoms with Crippen LogP contribution in [-0.4, -0.2) is 56.5 Å². The quantitative estimate of drug-likeness (QED) is 0.366. The summed E-state index contributed by atoms with van der Waals surface area (Å²) in [6.07, 6.45) is -5.82. The van der Waals surface area contributed by atoms with Crippen LogP contribution in [0.4, 0.5) is 8.78 Å². The summed E-state index contributed by atoms with van der Waals surface area (Å²) in [5.41, 5.74) is -2.02. The third-order valence-electron chi connectivity index (χ3n) is 4.58. The number of alkyl halides is 2.